The number of hydrogen-bond donors (Lipinski definition) is 1. The molecule has 3 aromatic carbocycles. The number of rotatable bonds is 7. The lowest BCUT2D eigenvalue weighted by atomic mass is 10.0. The second-order valence-electron chi connectivity index (χ2n) is 8.48. The average molecular weight is 562 g/mol. The predicted molar refractivity (Wildman–Crippen MR) is 146 cm³/mol. The van der Waals surface area contributed by atoms with Crippen LogP contribution in [0.4, 0.5) is 10.5 Å². The molecule has 1 aliphatic heterocycles. The Bertz CT molecular complexity index is 1760. The summed E-state index contributed by atoms with van der Waals surface area (Å²) < 4.78 is 29.6. The summed E-state index contributed by atoms with van der Waals surface area (Å²) in [6.07, 6.45) is 1.43. The molecule has 0 atom stereocenters. The molecule has 0 unspecified atom stereocenters. The molecule has 2 amide bonds. The van der Waals surface area contributed by atoms with E-state index >= 15 is 0 Å². The van der Waals surface area contributed by atoms with Crippen molar-refractivity contribution >= 4 is 44.7 Å². The van der Waals surface area contributed by atoms with Crippen molar-refractivity contribution in [3.05, 3.63) is 111 Å². The molecule has 39 heavy (non-hydrogen) atoms. The van der Waals surface area contributed by atoms with Crippen LogP contribution in [0.5, 0.6) is 0 Å². The van der Waals surface area contributed by atoms with Gasteiger partial charge in [-0.25, -0.2) is 13.6 Å². The Kier molecular flexibility index (Phi) is 6.91. The Morgan fingerprint density at radius 2 is 1.59 bits per heavy atom. The molecule has 2 N–H and O–H groups in total. The van der Waals surface area contributed by atoms with Gasteiger partial charge in [-0.15, -0.1) is 0 Å². The quantitative estimate of drug-likeness (QED) is 0.179. The van der Waals surface area contributed by atoms with Crippen LogP contribution in [0.15, 0.2) is 99.1 Å². The number of carbonyl (C=O) groups is 2. The number of nitro benzene ring substituents is 1. The lowest BCUT2D eigenvalue weighted by molar-refractivity contribution is -0.384. The van der Waals surface area contributed by atoms with Crippen LogP contribution in [-0.2, 0) is 21.4 Å². The summed E-state index contributed by atoms with van der Waals surface area (Å²) >= 11 is 0.763. The SMILES string of the molecule is NS(=O)(=O)c1ccccc1-c1ccc(CN2C(=O)S/C(=C\c3ccc(-c4ccccc4[N+](=O)[O-])o3)C2=O)cc1. The van der Waals surface area contributed by atoms with E-state index in [4.69, 9.17) is 9.56 Å². The highest BCUT2D eigenvalue weighted by Gasteiger charge is 2.35. The van der Waals surface area contributed by atoms with Crippen LogP contribution < -0.4 is 5.14 Å². The highest BCUT2D eigenvalue weighted by molar-refractivity contribution is 8.18. The molecule has 2 heterocycles. The minimum absolute atomic E-state index is 0.00298. The number of nitrogens with two attached hydrogens (primary N) is 1. The molecule has 0 saturated carbocycles. The molecule has 196 valence electrons. The van der Waals surface area contributed by atoms with Crippen LogP contribution >= 0.6 is 11.8 Å². The molecule has 1 fully saturated rings. The molecular weight excluding hydrogens is 542 g/mol. The maximum absolute atomic E-state index is 13.0. The topological polar surface area (TPSA) is 154 Å². The molecule has 1 saturated heterocycles. The molecule has 12 heteroatoms. The molecule has 0 radical (unpaired) electrons. The van der Waals surface area contributed by atoms with Crippen LogP contribution in [0.1, 0.15) is 11.3 Å². The Hall–Kier alpha value is -4.52. The van der Waals surface area contributed by atoms with Crippen molar-refractivity contribution in [3.63, 3.8) is 0 Å². The maximum atomic E-state index is 13.0. The van der Waals surface area contributed by atoms with E-state index in [-0.39, 0.29) is 33.6 Å². The van der Waals surface area contributed by atoms with E-state index in [0.29, 0.717) is 22.3 Å². The van der Waals surface area contributed by atoms with Gasteiger partial charge in [0.1, 0.15) is 11.5 Å². The largest absolute Gasteiger partial charge is 0.456 e. The molecule has 10 nitrogen and oxygen atoms in total. The number of nitro groups is 1. The van der Waals surface area contributed by atoms with Gasteiger partial charge in [-0.1, -0.05) is 54.6 Å². The third-order valence-corrected chi connectivity index (χ3v) is 7.82. The summed E-state index contributed by atoms with van der Waals surface area (Å²) in [4.78, 5) is 37.7. The van der Waals surface area contributed by atoms with Gasteiger partial charge in [0, 0.05) is 17.7 Å². The van der Waals surface area contributed by atoms with E-state index in [0.717, 1.165) is 16.7 Å². The summed E-state index contributed by atoms with van der Waals surface area (Å²) in [6.45, 7) is 0.0126. The van der Waals surface area contributed by atoms with Crippen LogP contribution in [0.25, 0.3) is 28.5 Å². The normalized spacial score (nSPS) is 14.8. The van der Waals surface area contributed by atoms with Crippen molar-refractivity contribution in [3.8, 4) is 22.5 Å². The second-order valence-corrected chi connectivity index (χ2v) is 11.0. The Labute approximate surface area is 226 Å². The molecule has 4 aromatic rings. The number of para-hydroxylation sites is 1. The van der Waals surface area contributed by atoms with Crippen LogP contribution in [0, 0.1) is 10.1 Å². The van der Waals surface area contributed by atoms with E-state index in [9.17, 15) is 28.1 Å². The van der Waals surface area contributed by atoms with E-state index in [1.54, 1.807) is 72.8 Å². The van der Waals surface area contributed by atoms with Gasteiger partial charge in [0.15, 0.2) is 0 Å². The van der Waals surface area contributed by atoms with Gasteiger partial charge in [-0.3, -0.25) is 24.6 Å². The number of carbonyl (C=O) groups excluding carboxylic acids is 2. The molecular formula is C27H19N3O7S2. The fourth-order valence-corrected chi connectivity index (χ4v) is 5.69. The third kappa shape index (κ3) is 5.39. The lowest BCUT2D eigenvalue weighted by Gasteiger charge is -2.13. The highest BCUT2D eigenvalue weighted by atomic mass is 32.2. The number of thioether (sulfide) groups is 1. The highest BCUT2D eigenvalue weighted by Crippen LogP contribution is 2.36. The Morgan fingerprint density at radius 3 is 2.28 bits per heavy atom. The summed E-state index contributed by atoms with van der Waals surface area (Å²) in [5, 5.41) is 16.2. The molecule has 0 spiro atoms. The van der Waals surface area contributed by atoms with Crippen molar-refractivity contribution in [2.24, 2.45) is 5.14 Å². The number of hydrogen-bond acceptors (Lipinski definition) is 8. The van der Waals surface area contributed by atoms with Gasteiger partial charge in [0.2, 0.25) is 10.0 Å². The van der Waals surface area contributed by atoms with E-state index in [1.165, 1.54) is 18.2 Å². The van der Waals surface area contributed by atoms with Crippen LogP contribution in [-0.4, -0.2) is 29.4 Å². The van der Waals surface area contributed by atoms with Crippen LogP contribution in [0.3, 0.4) is 0 Å². The van der Waals surface area contributed by atoms with Gasteiger partial charge < -0.3 is 4.42 Å². The molecule has 1 aliphatic rings. The van der Waals surface area contributed by atoms with Gasteiger partial charge >= 0.3 is 0 Å². The number of primary sulfonamides is 1. The van der Waals surface area contributed by atoms with Crippen molar-refractivity contribution in [1.82, 2.24) is 4.90 Å². The van der Waals surface area contributed by atoms with Gasteiger partial charge in [0.25, 0.3) is 16.8 Å². The second kappa shape index (κ2) is 10.3. The summed E-state index contributed by atoms with van der Waals surface area (Å²) in [5.41, 5.74) is 1.90. The van der Waals surface area contributed by atoms with Crippen LogP contribution in [0.2, 0.25) is 0 Å². The summed E-state index contributed by atoms with van der Waals surface area (Å²) in [7, 11) is -3.92. The summed E-state index contributed by atoms with van der Waals surface area (Å²) in [6, 6.07) is 22.4. The first-order chi connectivity index (χ1) is 18.6. The first kappa shape index (κ1) is 26.1. The first-order valence-electron chi connectivity index (χ1n) is 11.4. The minimum Gasteiger partial charge on any atom is -0.456 e. The fourth-order valence-electron chi connectivity index (χ4n) is 4.11. The first-order valence-corrected chi connectivity index (χ1v) is 13.8. The molecule has 1 aromatic heterocycles. The van der Waals surface area contributed by atoms with E-state index < -0.39 is 26.1 Å². The van der Waals surface area contributed by atoms with Crippen molar-refractivity contribution < 1.29 is 27.3 Å². The number of amides is 2. The van der Waals surface area contributed by atoms with Crippen molar-refractivity contribution in [2.45, 2.75) is 11.4 Å². The predicted octanol–water partition coefficient (Wildman–Crippen LogP) is 5.41. The maximum Gasteiger partial charge on any atom is 0.293 e. The Balaban J connectivity index is 1.33. The number of imide groups is 1. The zero-order valence-corrected chi connectivity index (χ0v) is 21.6. The van der Waals surface area contributed by atoms with E-state index in [2.05, 4.69) is 0 Å². The molecule has 5 rings (SSSR count). The standard InChI is InChI=1S/C27H19N3O7S2/c28-39(35,36)25-8-4-2-5-20(25)18-11-9-17(10-12-18)16-29-26(31)24(38-27(29)32)15-19-13-14-23(37-19)21-6-1-3-7-22(21)30(33)34/h1-15H,16H2,(H2,28,35,36)/b24-15-. The minimum atomic E-state index is -3.92. The fraction of sp³-hybridized carbons (Fsp3) is 0.0370. The monoisotopic (exact) mass is 561 g/mol. The zero-order chi connectivity index (χ0) is 27.7. The van der Waals surface area contributed by atoms with Gasteiger partial charge in [-0.2, -0.15) is 0 Å². The number of nitrogens with zero attached hydrogens (tertiary/aromatic N) is 2. The molecule has 0 bridgehead atoms. The smallest absolute Gasteiger partial charge is 0.293 e. The third-order valence-electron chi connectivity index (χ3n) is 5.94. The summed E-state index contributed by atoms with van der Waals surface area (Å²) in [5.74, 6) is 0.0284. The van der Waals surface area contributed by atoms with Gasteiger partial charge in [-0.05, 0) is 47.2 Å². The Morgan fingerprint density at radius 1 is 0.923 bits per heavy atom. The zero-order valence-electron chi connectivity index (χ0n) is 20.0. The number of furan rings is 1. The number of benzene rings is 3. The molecule has 0 aliphatic carbocycles. The van der Waals surface area contributed by atoms with Crippen molar-refractivity contribution in [2.75, 3.05) is 0 Å². The van der Waals surface area contributed by atoms with E-state index in [1.807, 2.05) is 0 Å². The average Bonchev–Trinajstić information content (AvgIpc) is 3.48. The number of sulfonamides is 1. The van der Waals surface area contributed by atoms with Gasteiger partial charge in [0.05, 0.1) is 26.8 Å². The van der Waals surface area contributed by atoms with Crippen molar-refractivity contribution in [1.29, 1.82) is 0 Å². The lowest BCUT2D eigenvalue weighted by Crippen LogP contribution is -2.27.